The summed E-state index contributed by atoms with van der Waals surface area (Å²) in [5.74, 6) is 1.10. The van der Waals surface area contributed by atoms with Gasteiger partial charge in [0.05, 0.1) is 0 Å². The number of hydrogen-bond donors (Lipinski definition) is 1. The van der Waals surface area contributed by atoms with Gasteiger partial charge in [0.2, 0.25) is 0 Å². The summed E-state index contributed by atoms with van der Waals surface area (Å²) < 4.78 is 39.1. The fourth-order valence-corrected chi connectivity index (χ4v) is 4.02. The van der Waals surface area contributed by atoms with Crippen LogP contribution in [0, 0.1) is 0 Å². The number of alkyl halides is 3. The molecule has 2 unspecified atom stereocenters. The zero-order valence-electron chi connectivity index (χ0n) is 10.5. The van der Waals surface area contributed by atoms with Crippen LogP contribution >= 0.6 is 11.8 Å². The molecule has 0 saturated carbocycles. The van der Waals surface area contributed by atoms with Gasteiger partial charge < -0.3 is 5.32 Å². The molecule has 1 N–H and O–H groups in total. The average molecular weight is 282 g/mol. The molecule has 0 aromatic carbocycles. The second-order valence-corrected chi connectivity index (χ2v) is 6.51. The normalized spacial score (nSPS) is 32.2. The van der Waals surface area contributed by atoms with Gasteiger partial charge in [0, 0.05) is 24.9 Å². The zero-order chi connectivity index (χ0) is 13.0. The van der Waals surface area contributed by atoms with Crippen LogP contribution in [0.2, 0.25) is 0 Å². The lowest BCUT2D eigenvalue weighted by atomic mass is 10.1. The van der Waals surface area contributed by atoms with Gasteiger partial charge in [0.15, 0.2) is 0 Å². The van der Waals surface area contributed by atoms with Crippen molar-refractivity contribution < 1.29 is 13.2 Å². The fourth-order valence-electron chi connectivity index (χ4n) is 2.69. The van der Waals surface area contributed by atoms with Crippen molar-refractivity contribution in [3.8, 4) is 0 Å². The van der Waals surface area contributed by atoms with E-state index in [0.29, 0.717) is 24.9 Å². The molecule has 106 valence electrons. The third-order valence-corrected chi connectivity index (χ3v) is 5.05. The van der Waals surface area contributed by atoms with Crippen molar-refractivity contribution in [3.05, 3.63) is 0 Å². The number of halogens is 3. The Hall–Kier alpha value is 0.0600. The minimum atomic E-state index is -4.11. The standard InChI is InChI=1S/C12H21F3N2S/c13-12(14,15)11-8-16-5-3-6-17(11)9-10-4-1-2-7-18-10/h10-11,16H,1-9H2. The van der Waals surface area contributed by atoms with Crippen molar-refractivity contribution in [1.82, 2.24) is 10.2 Å². The monoisotopic (exact) mass is 282 g/mol. The highest BCUT2D eigenvalue weighted by molar-refractivity contribution is 7.99. The largest absolute Gasteiger partial charge is 0.405 e. The Morgan fingerprint density at radius 1 is 1.22 bits per heavy atom. The average Bonchev–Trinajstić information content (AvgIpc) is 2.55. The number of hydrogen-bond acceptors (Lipinski definition) is 3. The highest BCUT2D eigenvalue weighted by Crippen LogP contribution is 2.30. The van der Waals surface area contributed by atoms with E-state index in [-0.39, 0.29) is 6.54 Å². The lowest BCUT2D eigenvalue weighted by molar-refractivity contribution is -0.180. The molecular formula is C12H21F3N2S. The SMILES string of the molecule is FC(F)(F)C1CNCCCN1CC1CCCCS1. The predicted octanol–water partition coefficient (Wildman–Crippen LogP) is 2.50. The van der Waals surface area contributed by atoms with Gasteiger partial charge in [-0.1, -0.05) is 6.42 Å². The first-order chi connectivity index (χ1) is 8.57. The lowest BCUT2D eigenvalue weighted by Crippen LogP contribution is -2.51. The van der Waals surface area contributed by atoms with Crippen molar-refractivity contribution in [2.24, 2.45) is 0 Å². The zero-order valence-corrected chi connectivity index (χ0v) is 11.3. The van der Waals surface area contributed by atoms with Gasteiger partial charge in [0.1, 0.15) is 6.04 Å². The van der Waals surface area contributed by atoms with E-state index in [4.69, 9.17) is 0 Å². The predicted molar refractivity (Wildman–Crippen MR) is 69.0 cm³/mol. The van der Waals surface area contributed by atoms with Gasteiger partial charge in [-0.15, -0.1) is 0 Å². The number of nitrogens with one attached hydrogen (secondary N) is 1. The first kappa shape index (κ1) is 14.5. The minimum absolute atomic E-state index is 0.0425. The molecule has 0 radical (unpaired) electrons. The molecule has 0 spiro atoms. The van der Waals surface area contributed by atoms with Crippen molar-refractivity contribution in [2.45, 2.75) is 43.2 Å². The second-order valence-electron chi connectivity index (χ2n) is 5.10. The Morgan fingerprint density at radius 3 is 2.72 bits per heavy atom. The molecule has 0 aromatic heterocycles. The number of nitrogens with zero attached hydrogens (tertiary/aromatic N) is 1. The molecule has 2 fully saturated rings. The molecule has 18 heavy (non-hydrogen) atoms. The van der Waals surface area contributed by atoms with E-state index in [2.05, 4.69) is 5.32 Å². The van der Waals surface area contributed by atoms with Crippen LogP contribution in [-0.2, 0) is 0 Å². The molecule has 0 bridgehead atoms. The Balaban J connectivity index is 1.96. The summed E-state index contributed by atoms with van der Waals surface area (Å²) in [5, 5.41) is 3.29. The molecule has 2 rings (SSSR count). The highest BCUT2D eigenvalue weighted by Gasteiger charge is 2.44. The van der Waals surface area contributed by atoms with Gasteiger partial charge in [-0.2, -0.15) is 24.9 Å². The van der Waals surface area contributed by atoms with E-state index in [1.54, 1.807) is 4.90 Å². The van der Waals surface area contributed by atoms with E-state index in [9.17, 15) is 13.2 Å². The first-order valence-electron chi connectivity index (χ1n) is 6.70. The summed E-state index contributed by atoms with van der Waals surface area (Å²) in [4.78, 5) is 1.66. The van der Waals surface area contributed by atoms with Crippen molar-refractivity contribution >= 4 is 11.8 Å². The molecule has 2 heterocycles. The Kier molecular flexibility index (Phi) is 5.21. The smallest absolute Gasteiger partial charge is 0.315 e. The maximum absolute atomic E-state index is 13.0. The van der Waals surface area contributed by atoms with E-state index in [1.165, 1.54) is 12.8 Å². The summed E-state index contributed by atoms with van der Waals surface area (Å²) in [6.07, 6.45) is 0.145. The molecular weight excluding hydrogens is 261 g/mol. The van der Waals surface area contributed by atoms with Gasteiger partial charge in [-0.3, -0.25) is 4.90 Å². The van der Waals surface area contributed by atoms with Crippen LogP contribution in [0.4, 0.5) is 13.2 Å². The molecule has 2 nitrogen and oxygen atoms in total. The summed E-state index contributed by atoms with van der Waals surface area (Å²) in [6.45, 7) is 1.90. The van der Waals surface area contributed by atoms with Crippen LogP contribution in [0.1, 0.15) is 25.7 Å². The summed E-state index contributed by atoms with van der Waals surface area (Å²) in [5.41, 5.74) is 0. The van der Waals surface area contributed by atoms with Crippen molar-refractivity contribution in [2.75, 3.05) is 31.9 Å². The van der Waals surface area contributed by atoms with Gasteiger partial charge in [0.25, 0.3) is 0 Å². The van der Waals surface area contributed by atoms with Crippen molar-refractivity contribution in [1.29, 1.82) is 0 Å². The van der Waals surface area contributed by atoms with Crippen LogP contribution in [0.3, 0.4) is 0 Å². The van der Waals surface area contributed by atoms with E-state index in [0.717, 1.165) is 18.6 Å². The van der Waals surface area contributed by atoms with Gasteiger partial charge in [-0.05, 0) is 31.6 Å². The van der Waals surface area contributed by atoms with E-state index in [1.807, 2.05) is 11.8 Å². The molecule has 0 aliphatic carbocycles. The van der Waals surface area contributed by atoms with Gasteiger partial charge >= 0.3 is 6.18 Å². The maximum Gasteiger partial charge on any atom is 0.405 e. The summed E-state index contributed by atoms with van der Waals surface area (Å²) >= 11 is 1.85. The molecule has 2 aliphatic rings. The van der Waals surface area contributed by atoms with Crippen LogP contribution in [0.5, 0.6) is 0 Å². The first-order valence-corrected chi connectivity index (χ1v) is 7.75. The highest BCUT2D eigenvalue weighted by atomic mass is 32.2. The Labute approximate surface area is 111 Å². The number of rotatable bonds is 2. The van der Waals surface area contributed by atoms with E-state index >= 15 is 0 Å². The van der Waals surface area contributed by atoms with Crippen LogP contribution in [-0.4, -0.2) is 54.3 Å². The quantitative estimate of drug-likeness (QED) is 0.838. The molecule has 2 atom stereocenters. The topological polar surface area (TPSA) is 15.3 Å². The van der Waals surface area contributed by atoms with Crippen LogP contribution < -0.4 is 5.32 Å². The fraction of sp³-hybridized carbons (Fsp3) is 1.00. The Morgan fingerprint density at radius 2 is 2.06 bits per heavy atom. The number of thioether (sulfide) groups is 1. The summed E-state index contributed by atoms with van der Waals surface area (Å²) in [6, 6.07) is -1.30. The molecule has 0 amide bonds. The third-order valence-electron chi connectivity index (χ3n) is 3.67. The third kappa shape index (κ3) is 4.03. The summed E-state index contributed by atoms with van der Waals surface area (Å²) in [7, 11) is 0. The molecule has 2 saturated heterocycles. The second kappa shape index (κ2) is 6.48. The molecule has 0 aromatic rings. The van der Waals surface area contributed by atoms with Gasteiger partial charge in [-0.25, -0.2) is 0 Å². The van der Waals surface area contributed by atoms with Crippen LogP contribution in [0.15, 0.2) is 0 Å². The minimum Gasteiger partial charge on any atom is -0.315 e. The van der Waals surface area contributed by atoms with Crippen LogP contribution in [0.25, 0.3) is 0 Å². The molecule has 2 aliphatic heterocycles. The lowest BCUT2D eigenvalue weighted by Gasteiger charge is -2.34. The molecule has 6 heteroatoms. The maximum atomic E-state index is 13.0. The van der Waals surface area contributed by atoms with E-state index < -0.39 is 12.2 Å². The van der Waals surface area contributed by atoms with Crippen molar-refractivity contribution in [3.63, 3.8) is 0 Å². The Bertz CT molecular complexity index is 254.